The van der Waals surface area contributed by atoms with Gasteiger partial charge in [0, 0.05) is 18.5 Å². The van der Waals surface area contributed by atoms with E-state index in [-0.39, 0.29) is 24.3 Å². The van der Waals surface area contributed by atoms with Crippen LogP contribution >= 0.6 is 0 Å². The Hall–Kier alpha value is -2.67. The van der Waals surface area contributed by atoms with Crippen molar-refractivity contribution in [2.75, 3.05) is 13.1 Å². The van der Waals surface area contributed by atoms with Crippen molar-refractivity contribution in [3.63, 3.8) is 0 Å². The molecule has 7 nitrogen and oxygen atoms in total. The number of carbonyl (C=O) groups excluding carboxylic acids is 2. The summed E-state index contributed by atoms with van der Waals surface area (Å²) in [5.41, 5.74) is 8.56. The van der Waals surface area contributed by atoms with Crippen LogP contribution in [-0.2, 0) is 16.0 Å². The third-order valence-electron chi connectivity index (χ3n) is 4.00. The van der Waals surface area contributed by atoms with Crippen molar-refractivity contribution < 1.29 is 14.0 Å². The van der Waals surface area contributed by atoms with Crippen LogP contribution in [0.3, 0.4) is 0 Å². The van der Waals surface area contributed by atoms with Crippen LogP contribution in [0.15, 0.2) is 34.9 Å². The second-order valence-corrected chi connectivity index (χ2v) is 6.60. The van der Waals surface area contributed by atoms with Gasteiger partial charge in [0.1, 0.15) is 6.26 Å². The van der Waals surface area contributed by atoms with Crippen molar-refractivity contribution in [1.29, 1.82) is 0 Å². The van der Waals surface area contributed by atoms with E-state index in [1.165, 1.54) is 5.56 Å². The number of hydrogen-bond donors (Lipinski definition) is 3. The van der Waals surface area contributed by atoms with Gasteiger partial charge < -0.3 is 20.8 Å². The van der Waals surface area contributed by atoms with Crippen molar-refractivity contribution >= 4 is 11.8 Å². The average Bonchev–Trinajstić information content (AvgIpc) is 3.08. The Bertz CT molecular complexity index is 737. The Morgan fingerprint density at radius 3 is 2.54 bits per heavy atom. The molecule has 0 fully saturated rings. The van der Waals surface area contributed by atoms with E-state index in [1.807, 2.05) is 45.0 Å². The summed E-state index contributed by atoms with van der Waals surface area (Å²) in [5, 5.41) is 5.27. The van der Waals surface area contributed by atoms with Crippen molar-refractivity contribution in [3.8, 4) is 11.5 Å². The fraction of sp³-hybridized carbons (Fsp3) is 0.421. The monoisotopic (exact) mass is 358 g/mol. The zero-order valence-corrected chi connectivity index (χ0v) is 15.4. The highest BCUT2D eigenvalue weighted by molar-refractivity contribution is 5.87. The summed E-state index contributed by atoms with van der Waals surface area (Å²) in [6.07, 6.45) is 2.13. The first-order valence-electron chi connectivity index (χ1n) is 8.68. The van der Waals surface area contributed by atoms with Gasteiger partial charge >= 0.3 is 0 Å². The first-order valence-corrected chi connectivity index (χ1v) is 8.68. The molecule has 0 saturated carbocycles. The SMILES string of the molecule is Cc1ccc(-c2nc(CCNC(=O)CNC(=O)[C@@H](N)C(C)C)co2)cc1. The lowest BCUT2D eigenvalue weighted by Gasteiger charge is -2.15. The quantitative estimate of drug-likeness (QED) is 0.661. The minimum absolute atomic E-state index is 0.0213. The first kappa shape index (κ1) is 19.7. The molecule has 2 aromatic rings. The fourth-order valence-corrected chi connectivity index (χ4v) is 2.23. The molecule has 2 rings (SSSR count). The third kappa shape index (κ3) is 5.70. The Kier molecular flexibility index (Phi) is 6.91. The zero-order valence-electron chi connectivity index (χ0n) is 15.4. The summed E-state index contributed by atoms with van der Waals surface area (Å²) in [7, 11) is 0. The summed E-state index contributed by atoms with van der Waals surface area (Å²) < 4.78 is 5.48. The standard InChI is InChI=1S/C19H26N4O3/c1-12(2)17(20)18(25)22-10-16(24)21-9-8-15-11-26-19(23-15)14-6-4-13(3)5-7-14/h4-7,11-12,17H,8-10,20H2,1-3H3,(H,21,24)(H,22,25)/t17-/m0/s1. The predicted molar refractivity (Wildman–Crippen MR) is 99.2 cm³/mol. The van der Waals surface area contributed by atoms with E-state index in [1.54, 1.807) is 6.26 Å². The largest absolute Gasteiger partial charge is 0.444 e. The number of benzene rings is 1. The average molecular weight is 358 g/mol. The highest BCUT2D eigenvalue weighted by Gasteiger charge is 2.17. The van der Waals surface area contributed by atoms with Gasteiger partial charge in [0.15, 0.2) is 0 Å². The van der Waals surface area contributed by atoms with Gasteiger partial charge in [-0.2, -0.15) is 0 Å². The van der Waals surface area contributed by atoms with Gasteiger partial charge in [-0.05, 0) is 25.0 Å². The number of nitrogens with two attached hydrogens (primary N) is 1. The smallest absolute Gasteiger partial charge is 0.239 e. The number of carbonyl (C=O) groups is 2. The van der Waals surface area contributed by atoms with E-state index in [4.69, 9.17) is 10.2 Å². The molecule has 7 heteroatoms. The Morgan fingerprint density at radius 1 is 1.19 bits per heavy atom. The molecule has 1 atom stereocenters. The molecule has 0 aliphatic rings. The van der Waals surface area contributed by atoms with Crippen LogP contribution in [0.5, 0.6) is 0 Å². The third-order valence-corrected chi connectivity index (χ3v) is 4.00. The van der Waals surface area contributed by atoms with Crippen LogP contribution in [0.25, 0.3) is 11.5 Å². The van der Waals surface area contributed by atoms with Gasteiger partial charge in [-0.3, -0.25) is 9.59 Å². The molecular weight excluding hydrogens is 332 g/mol. The molecule has 1 aromatic heterocycles. The number of amides is 2. The second-order valence-electron chi connectivity index (χ2n) is 6.60. The lowest BCUT2D eigenvalue weighted by Crippen LogP contribution is -2.47. The summed E-state index contributed by atoms with van der Waals surface area (Å²) in [6, 6.07) is 7.30. The Morgan fingerprint density at radius 2 is 1.88 bits per heavy atom. The zero-order chi connectivity index (χ0) is 19.1. The predicted octanol–water partition coefficient (Wildman–Crippen LogP) is 1.41. The number of aryl methyl sites for hydroxylation is 1. The van der Waals surface area contributed by atoms with Crippen LogP contribution in [0, 0.1) is 12.8 Å². The molecule has 0 aliphatic carbocycles. The van der Waals surface area contributed by atoms with E-state index in [9.17, 15) is 9.59 Å². The van der Waals surface area contributed by atoms with Crippen LogP contribution in [0.2, 0.25) is 0 Å². The van der Waals surface area contributed by atoms with E-state index in [0.29, 0.717) is 18.9 Å². The van der Waals surface area contributed by atoms with E-state index in [2.05, 4.69) is 15.6 Å². The number of hydrogen-bond acceptors (Lipinski definition) is 5. The number of nitrogens with one attached hydrogen (secondary N) is 2. The molecule has 1 aromatic carbocycles. The van der Waals surface area contributed by atoms with Gasteiger partial charge in [-0.1, -0.05) is 31.5 Å². The van der Waals surface area contributed by atoms with Crippen molar-refractivity contribution in [2.45, 2.75) is 33.2 Å². The van der Waals surface area contributed by atoms with Gasteiger partial charge in [-0.25, -0.2) is 4.98 Å². The lowest BCUT2D eigenvalue weighted by atomic mass is 10.1. The maximum absolute atomic E-state index is 11.8. The van der Waals surface area contributed by atoms with Crippen molar-refractivity contribution in [3.05, 3.63) is 41.8 Å². The molecule has 26 heavy (non-hydrogen) atoms. The van der Waals surface area contributed by atoms with Gasteiger partial charge in [0.25, 0.3) is 0 Å². The molecule has 0 spiro atoms. The van der Waals surface area contributed by atoms with Crippen LogP contribution in [0.4, 0.5) is 0 Å². The minimum Gasteiger partial charge on any atom is -0.444 e. The summed E-state index contributed by atoms with van der Waals surface area (Å²) in [6.45, 7) is 6.05. The Balaban J connectivity index is 1.73. The lowest BCUT2D eigenvalue weighted by molar-refractivity contribution is -0.127. The topological polar surface area (TPSA) is 110 Å². The number of nitrogens with zero attached hydrogens (tertiary/aromatic N) is 1. The van der Waals surface area contributed by atoms with Crippen LogP contribution in [0.1, 0.15) is 25.1 Å². The Labute approximate surface area is 153 Å². The summed E-state index contributed by atoms with van der Waals surface area (Å²) in [4.78, 5) is 27.9. The van der Waals surface area contributed by atoms with Crippen LogP contribution in [-0.4, -0.2) is 35.9 Å². The van der Waals surface area contributed by atoms with Gasteiger partial charge in [-0.15, -0.1) is 0 Å². The number of rotatable bonds is 8. The molecule has 4 N–H and O–H groups in total. The molecule has 0 unspecified atom stereocenters. The molecule has 2 amide bonds. The van der Waals surface area contributed by atoms with Crippen molar-refractivity contribution in [2.24, 2.45) is 11.7 Å². The highest BCUT2D eigenvalue weighted by atomic mass is 16.3. The molecule has 1 heterocycles. The number of oxazole rings is 1. The van der Waals surface area contributed by atoms with Crippen LogP contribution < -0.4 is 16.4 Å². The van der Waals surface area contributed by atoms with Crippen molar-refractivity contribution in [1.82, 2.24) is 15.6 Å². The maximum Gasteiger partial charge on any atom is 0.239 e. The molecule has 140 valence electrons. The number of aromatic nitrogens is 1. The van der Waals surface area contributed by atoms with E-state index < -0.39 is 6.04 Å². The molecule has 0 aliphatic heterocycles. The normalized spacial score (nSPS) is 12.0. The van der Waals surface area contributed by atoms with Gasteiger partial charge in [0.2, 0.25) is 17.7 Å². The van der Waals surface area contributed by atoms with E-state index >= 15 is 0 Å². The highest BCUT2D eigenvalue weighted by Crippen LogP contribution is 2.19. The molecule has 0 bridgehead atoms. The molecule has 0 radical (unpaired) electrons. The molecular formula is C19H26N4O3. The molecule has 0 saturated heterocycles. The van der Waals surface area contributed by atoms with Gasteiger partial charge in [0.05, 0.1) is 18.3 Å². The minimum atomic E-state index is -0.613. The first-order chi connectivity index (χ1) is 12.4. The summed E-state index contributed by atoms with van der Waals surface area (Å²) >= 11 is 0. The fourth-order valence-electron chi connectivity index (χ4n) is 2.23. The second kappa shape index (κ2) is 9.15. The summed E-state index contributed by atoms with van der Waals surface area (Å²) in [5.74, 6) is -0.0137. The maximum atomic E-state index is 11.8. The van der Waals surface area contributed by atoms with E-state index in [0.717, 1.165) is 11.3 Å².